The highest BCUT2D eigenvalue weighted by Crippen LogP contribution is 2.31. The first-order chi connectivity index (χ1) is 13.6. The largest absolute Gasteiger partial charge is 0.497 e. The number of benzene rings is 1. The van der Waals surface area contributed by atoms with Gasteiger partial charge in [-0.3, -0.25) is 9.48 Å². The summed E-state index contributed by atoms with van der Waals surface area (Å²) in [7, 11) is 1.66. The molecule has 7 heteroatoms. The molecule has 1 atom stereocenters. The number of rotatable bonds is 6. The molecule has 4 rings (SSSR count). The van der Waals surface area contributed by atoms with Gasteiger partial charge in [0.1, 0.15) is 5.75 Å². The summed E-state index contributed by atoms with van der Waals surface area (Å²) >= 11 is 0. The molecule has 2 aromatic heterocycles. The summed E-state index contributed by atoms with van der Waals surface area (Å²) in [6.45, 7) is 2.53. The van der Waals surface area contributed by atoms with E-state index in [2.05, 4.69) is 15.5 Å². The van der Waals surface area contributed by atoms with Gasteiger partial charge in [0, 0.05) is 30.4 Å². The van der Waals surface area contributed by atoms with Crippen molar-refractivity contribution in [2.24, 2.45) is 0 Å². The fourth-order valence-corrected chi connectivity index (χ4v) is 3.72. The smallest absolute Gasteiger partial charge is 0.222 e. The predicted molar refractivity (Wildman–Crippen MR) is 106 cm³/mol. The Balaban J connectivity index is 1.45. The molecule has 0 saturated heterocycles. The molecule has 0 spiro atoms. The van der Waals surface area contributed by atoms with Crippen LogP contribution in [0.2, 0.25) is 0 Å². The molecule has 7 nitrogen and oxygen atoms in total. The number of nitrogens with one attached hydrogen (secondary N) is 1. The average molecular weight is 379 g/mol. The molecule has 28 heavy (non-hydrogen) atoms. The Kier molecular flexibility index (Phi) is 5.14. The van der Waals surface area contributed by atoms with E-state index in [9.17, 15) is 4.79 Å². The second kappa shape index (κ2) is 7.88. The van der Waals surface area contributed by atoms with E-state index in [1.165, 1.54) is 5.69 Å². The van der Waals surface area contributed by atoms with Crippen LogP contribution in [-0.2, 0) is 17.8 Å². The van der Waals surface area contributed by atoms with Crippen molar-refractivity contribution < 1.29 is 9.53 Å². The van der Waals surface area contributed by atoms with Crippen LogP contribution in [0.5, 0.6) is 5.75 Å². The van der Waals surface area contributed by atoms with Gasteiger partial charge in [-0.15, -0.1) is 0 Å². The fourth-order valence-electron chi connectivity index (χ4n) is 3.72. The molecule has 0 fully saturated rings. The van der Waals surface area contributed by atoms with E-state index in [1.54, 1.807) is 7.11 Å². The van der Waals surface area contributed by atoms with Gasteiger partial charge < -0.3 is 10.1 Å². The summed E-state index contributed by atoms with van der Waals surface area (Å²) in [5, 5.41) is 12.1. The maximum atomic E-state index is 12.5. The van der Waals surface area contributed by atoms with Gasteiger partial charge in [-0.2, -0.15) is 10.2 Å². The van der Waals surface area contributed by atoms with Gasteiger partial charge >= 0.3 is 0 Å². The van der Waals surface area contributed by atoms with E-state index < -0.39 is 0 Å². The quantitative estimate of drug-likeness (QED) is 0.715. The molecule has 146 valence electrons. The van der Waals surface area contributed by atoms with E-state index in [0.717, 1.165) is 42.0 Å². The number of nitrogens with zero attached hydrogens (tertiary/aromatic N) is 4. The summed E-state index contributed by atoms with van der Waals surface area (Å²) in [5.74, 6) is 0.866. The van der Waals surface area contributed by atoms with E-state index >= 15 is 0 Å². The summed E-state index contributed by atoms with van der Waals surface area (Å²) < 4.78 is 9.01. The normalized spacial score (nSPS) is 15.9. The third-order valence-corrected chi connectivity index (χ3v) is 5.18. The lowest BCUT2D eigenvalue weighted by atomic mass is 9.92. The summed E-state index contributed by atoms with van der Waals surface area (Å²) in [4.78, 5) is 12.5. The number of fused-ring (bicyclic) bond motifs is 1. The van der Waals surface area contributed by atoms with Crippen LogP contribution in [0.15, 0.2) is 42.7 Å². The van der Waals surface area contributed by atoms with Crippen LogP contribution in [0.4, 0.5) is 0 Å². The Morgan fingerprint density at radius 1 is 1.29 bits per heavy atom. The summed E-state index contributed by atoms with van der Waals surface area (Å²) in [6, 6.07) is 9.83. The average Bonchev–Trinajstić information content (AvgIpc) is 3.33. The maximum absolute atomic E-state index is 12.5. The molecular formula is C21H25N5O2. The van der Waals surface area contributed by atoms with Gasteiger partial charge in [0.2, 0.25) is 5.91 Å². The fraction of sp³-hybridized carbons (Fsp3) is 0.381. The molecule has 0 radical (unpaired) electrons. The number of carbonyl (C=O) groups excluding carboxylic acids is 1. The van der Waals surface area contributed by atoms with Crippen LogP contribution < -0.4 is 10.1 Å². The highest BCUT2D eigenvalue weighted by Gasteiger charge is 2.26. The first-order valence-corrected chi connectivity index (χ1v) is 9.64. The van der Waals surface area contributed by atoms with Crippen molar-refractivity contribution in [3.8, 4) is 11.4 Å². The number of aryl methyl sites for hydroxylation is 2. The number of hydrogen-bond donors (Lipinski definition) is 1. The molecule has 2 heterocycles. The minimum Gasteiger partial charge on any atom is -0.497 e. The Labute approximate surface area is 164 Å². The first-order valence-electron chi connectivity index (χ1n) is 9.64. The number of hydrogen-bond acceptors (Lipinski definition) is 4. The zero-order chi connectivity index (χ0) is 19.5. The third kappa shape index (κ3) is 3.78. The van der Waals surface area contributed by atoms with Crippen molar-refractivity contribution in [3.05, 3.63) is 59.7 Å². The molecule has 0 saturated carbocycles. The third-order valence-electron chi connectivity index (χ3n) is 5.18. The number of methoxy groups -OCH3 is 1. The van der Waals surface area contributed by atoms with Gasteiger partial charge in [-0.25, -0.2) is 4.68 Å². The van der Waals surface area contributed by atoms with Crippen molar-refractivity contribution >= 4 is 5.91 Å². The van der Waals surface area contributed by atoms with Crippen LogP contribution in [0, 0.1) is 6.92 Å². The van der Waals surface area contributed by atoms with Crippen molar-refractivity contribution in [3.63, 3.8) is 0 Å². The molecule has 1 N–H and O–H groups in total. The Morgan fingerprint density at radius 3 is 2.82 bits per heavy atom. The van der Waals surface area contributed by atoms with Crippen LogP contribution in [0.3, 0.4) is 0 Å². The Hall–Kier alpha value is -3.09. The molecule has 1 amide bonds. The first kappa shape index (κ1) is 18.3. The lowest BCUT2D eigenvalue weighted by Crippen LogP contribution is -2.31. The molecule has 0 bridgehead atoms. The lowest BCUT2D eigenvalue weighted by molar-refractivity contribution is -0.122. The van der Waals surface area contributed by atoms with Crippen LogP contribution in [-0.4, -0.2) is 32.6 Å². The van der Waals surface area contributed by atoms with Crippen molar-refractivity contribution in [1.82, 2.24) is 24.9 Å². The SMILES string of the molecule is COc1ccc(-n2ncc3c2CCC[C@@H]3NC(=O)CCn2ccc(C)n2)cc1. The van der Waals surface area contributed by atoms with Crippen LogP contribution >= 0.6 is 0 Å². The molecule has 0 aliphatic heterocycles. The monoisotopic (exact) mass is 379 g/mol. The Morgan fingerprint density at radius 2 is 2.11 bits per heavy atom. The number of aromatic nitrogens is 4. The highest BCUT2D eigenvalue weighted by molar-refractivity contribution is 5.76. The number of ether oxygens (including phenoxy) is 1. The van der Waals surface area contributed by atoms with Gasteiger partial charge in [0.25, 0.3) is 0 Å². The minimum absolute atomic E-state index is 0.0163. The lowest BCUT2D eigenvalue weighted by Gasteiger charge is -2.24. The van der Waals surface area contributed by atoms with Crippen molar-refractivity contribution in [2.75, 3.05) is 7.11 Å². The summed E-state index contributed by atoms with van der Waals surface area (Å²) in [6.07, 6.45) is 7.13. The van der Waals surface area contributed by atoms with Gasteiger partial charge in [0.05, 0.1) is 30.7 Å². The molecule has 1 aliphatic carbocycles. The molecule has 1 aromatic carbocycles. The van der Waals surface area contributed by atoms with E-state index in [1.807, 2.05) is 59.0 Å². The molecule has 1 aliphatic rings. The van der Waals surface area contributed by atoms with Crippen molar-refractivity contribution in [1.29, 1.82) is 0 Å². The molecular weight excluding hydrogens is 354 g/mol. The van der Waals surface area contributed by atoms with E-state index in [0.29, 0.717) is 13.0 Å². The van der Waals surface area contributed by atoms with Crippen molar-refractivity contribution in [2.45, 2.75) is 45.2 Å². The topological polar surface area (TPSA) is 74.0 Å². The van der Waals surface area contributed by atoms with Gasteiger partial charge in [0.15, 0.2) is 0 Å². The minimum atomic E-state index is 0.0163. The second-order valence-electron chi connectivity index (χ2n) is 7.14. The Bertz CT molecular complexity index is 958. The van der Waals surface area contributed by atoms with Gasteiger partial charge in [-0.1, -0.05) is 0 Å². The maximum Gasteiger partial charge on any atom is 0.222 e. The van der Waals surface area contributed by atoms with E-state index in [-0.39, 0.29) is 11.9 Å². The van der Waals surface area contributed by atoms with Crippen LogP contribution in [0.25, 0.3) is 5.69 Å². The highest BCUT2D eigenvalue weighted by atomic mass is 16.5. The van der Waals surface area contributed by atoms with Crippen LogP contribution in [0.1, 0.15) is 42.3 Å². The molecule has 0 unspecified atom stereocenters. The number of carbonyl (C=O) groups is 1. The predicted octanol–water partition coefficient (Wildman–Crippen LogP) is 2.97. The zero-order valence-corrected chi connectivity index (χ0v) is 16.3. The second-order valence-corrected chi connectivity index (χ2v) is 7.14. The standard InChI is InChI=1S/C21H25N5O2/c1-15-10-12-25(24-15)13-11-21(27)23-19-4-3-5-20-18(19)14-22-26(20)16-6-8-17(28-2)9-7-16/h6-10,12,14,19H,3-5,11,13H2,1-2H3,(H,23,27)/t19-/m0/s1. The zero-order valence-electron chi connectivity index (χ0n) is 16.3. The van der Waals surface area contributed by atoms with Gasteiger partial charge in [-0.05, 0) is 56.5 Å². The summed E-state index contributed by atoms with van der Waals surface area (Å²) in [5.41, 5.74) is 4.25. The molecule has 3 aromatic rings. The number of amides is 1. The van der Waals surface area contributed by atoms with E-state index in [4.69, 9.17) is 4.74 Å².